The Morgan fingerprint density at radius 1 is 0.921 bits per heavy atom. The number of amides is 1. The molecule has 0 aromatic heterocycles. The van der Waals surface area contributed by atoms with Crippen molar-refractivity contribution in [1.82, 2.24) is 5.32 Å². The van der Waals surface area contributed by atoms with Gasteiger partial charge in [-0.15, -0.1) is 0 Å². The Morgan fingerprint density at radius 2 is 1.53 bits per heavy atom. The summed E-state index contributed by atoms with van der Waals surface area (Å²) in [5.41, 5.74) is -1.90. The molecule has 0 radical (unpaired) electrons. The number of nitrogens with one attached hydrogen (secondary N) is 1. The largest absolute Gasteiger partial charge is 0.493 e. The number of hydrogen-bond acceptors (Lipinski definition) is 6. The van der Waals surface area contributed by atoms with E-state index in [0.717, 1.165) is 0 Å². The maximum absolute atomic E-state index is 12.9. The molecule has 0 aliphatic rings. The van der Waals surface area contributed by atoms with Gasteiger partial charge in [0, 0.05) is 11.6 Å². The summed E-state index contributed by atoms with van der Waals surface area (Å²) in [6, 6.07) is 16.1. The van der Waals surface area contributed by atoms with E-state index in [9.17, 15) is 34.7 Å². The third-order valence-electron chi connectivity index (χ3n) is 5.08. The van der Waals surface area contributed by atoms with Gasteiger partial charge >= 0.3 is 10.2 Å². The van der Waals surface area contributed by atoms with Crippen LogP contribution in [0.2, 0.25) is 0 Å². The van der Waals surface area contributed by atoms with Crippen molar-refractivity contribution in [2.24, 2.45) is 0 Å². The van der Waals surface area contributed by atoms with E-state index in [0.29, 0.717) is 23.6 Å². The fourth-order valence-corrected chi connectivity index (χ4v) is 3.75. The van der Waals surface area contributed by atoms with Crippen LogP contribution >= 0.6 is 10.2 Å². The number of para-hydroxylation sites is 2. The molecule has 0 aliphatic heterocycles. The summed E-state index contributed by atoms with van der Waals surface area (Å²) in [5, 5.41) is 21.2. The third-order valence-corrected chi connectivity index (χ3v) is 6.24. The molecule has 200 valence electrons. The number of nitriles is 2. The summed E-state index contributed by atoms with van der Waals surface area (Å²) < 4.78 is 81.5. The van der Waals surface area contributed by atoms with Gasteiger partial charge in [0.25, 0.3) is 5.91 Å². The van der Waals surface area contributed by atoms with Crippen LogP contribution in [0.25, 0.3) is 0 Å². The molecule has 3 aromatic rings. The van der Waals surface area contributed by atoms with Crippen LogP contribution in [0.3, 0.4) is 0 Å². The lowest BCUT2D eigenvalue weighted by atomic mass is 10.0. The van der Waals surface area contributed by atoms with Crippen LogP contribution in [-0.2, 0) is 0 Å². The van der Waals surface area contributed by atoms with Crippen molar-refractivity contribution >= 4 is 16.1 Å². The van der Waals surface area contributed by atoms with E-state index >= 15 is 0 Å². The van der Waals surface area contributed by atoms with E-state index < -0.39 is 33.2 Å². The highest BCUT2D eigenvalue weighted by Gasteiger charge is 2.65. The number of carbonyl (C=O) groups is 1. The second kappa shape index (κ2) is 9.43. The molecule has 13 heteroatoms. The smallest absolute Gasteiger partial charge is 0.310 e. The number of halogens is 5. The summed E-state index contributed by atoms with van der Waals surface area (Å²) in [7, 11) is -8.45. The van der Waals surface area contributed by atoms with Gasteiger partial charge in [-0.05, 0) is 55.5 Å². The molecule has 3 rings (SSSR count). The van der Waals surface area contributed by atoms with E-state index in [-0.39, 0.29) is 34.8 Å². The standard InChI is InChI=1S/C25H20F5N3O4S/c1-25(15-32,33-24(34)18-8-10-19(11-9-18)38(26,27,28,29)30)16-36-23-13-17(14-31)7-12-22(23)37-21-6-4-3-5-20(21)35-2/h3-13H,16H2,1-2H3,(H,33,34). The van der Waals surface area contributed by atoms with Crippen LogP contribution in [0.15, 0.2) is 71.6 Å². The first kappa shape index (κ1) is 28.1. The first-order valence-electron chi connectivity index (χ1n) is 10.6. The minimum Gasteiger partial charge on any atom is -0.493 e. The molecule has 0 fully saturated rings. The van der Waals surface area contributed by atoms with Crippen LogP contribution in [0.5, 0.6) is 23.0 Å². The summed E-state index contributed by atoms with van der Waals surface area (Å²) in [4.78, 5) is 10.4. The topological polar surface area (TPSA) is 104 Å². The Morgan fingerprint density at radius 3 is 2.08 bits per heavy atom. The van der Waals surface area contributed by atoms with Crippen molar-refractivity contribution < 1.29 is 38.4 Å². The molecule has 7 nitrogen and oxygen atoms in total. The SMILES string of the molecule is COc1ccccc1Oc1ccc(C#N)cc1OCC(C)(C#N)NC(=O)c1ccc(S(F)(F)(F)(F)F)cc1. The van der Waals surface area contributed by atoms with Gasteiger partial charge in [0.1, 0.15) is 11.5 Å². The molecule has 1 amide bonds. The molecule has 0 heterocycles. The van der Waals surface area contributed by atoms with Gasteiger partial charge in [-0.2, -0.15) is 10.5 Å². The number of ether oxygens (including phenoxy) is 3. The first-order chi connectivity index (χ1) is 17.6. The zero-order valence-electron chi connectivity index (χ0n) is 19.9. The fraction of sp³-hybridized carbons (Fsp3) is 0.160. The molecule has 0 spiro atoms. The minimum absolute atomic E-state index is 0.0471. The van der Waals surface area contributed by atoms with Crippen molar-refractivity contribution in [3.63, 3.8) is 0 Å². The second-order valence-corrected chi connectivity index (χ2v) is 10.6. The number of rotatable bonds is 9. The molecule has 1 unspecified atom stereocenters. The zero-order chi connectivity index (χ0) is 28.3. The number of hydrogen-bond donors (Lipinski definition) is 1. The average Bonchev–Trinajstić information content (AvgIpc) is 2.87. The lowest BCUT2D eigenvalue weighted by Crippen LogP contribution is -2.49. The summed E-state index contributed by atoms with van der Waals surface area (Å²) >= 11 is 0. The summed E-state index contributed by atoms with van der Waals surface area (Å²) in [6.07, 6.45) is 0. The Labute approximate surface area is 214 Å². The molecule has 38 heavy (non-hydrogen) atoms. The van der Waals surface area contributed by atoms with E-state index in [1.807, 2.05) is 12.1 Å². The van der Waals surface area contributed by atoms with Gasteiger partial charge in [0.15, 0.2) is 28.5 Å². The summed E-state index contributed by atoms with van der Waals surface area (Å²) in [6.45, 7) is 0.804. The highest BCUT2D eigenvalue weighted by atomic mass is 32.5. The van der Waals surface area contributed by atoms with E-state index in [1.54, 1.807) is 24.3 Å². The number of carbonyl (C=O) groups excluding carboxylic acids is 1. The lowest BCUT2D eigenvalue weighted by Gasteiger charge is -2.40. The lowest BCUT2D eigenvalue weighted by molar-refractivity contribution is 0.0900. The van der Waals surface area contributed by atoms with Crippen molar-refractivity contribution in [2.45, 2.75) is 17.4 Å². The molecule has 1 N–H and O–H groups in total. The van der Waals surface area contributed by atoms with Gasteiger partial charge in [0.05, 0.1) is 24.8 Å². The van der Waals surface area contributed by atoms with Crippen LogP contribution in [-0.4, -0.2) is 25.2 Å². The Bertz CT molecular complexity index is 1450. The van der Waals surface area contributed by atoms with Gasteiger partial charge in [-0.1, -0.05) is 31.6 Å². The number of benzene rings is 3. The highest BCUT2D eigenvalue weighted by molar-refractivity contribution is 8.45. The molecule has 0 saturated carbocycles. The monoisotopic (exact) mass is 553 g/mol. The maximum atomic E-state index is 12.9. The highest BCUT2D eigenvalue weighted by Crippen LogP contribution is 3.02. The third kappa shape index (κ3) is 6.83. The van der Waals surface area contributed by atoms with Crippen LogP contribution in [0.4, 0.5) is 19.4 Å². The van der Waals surface area contributed by atoms with Crippen LogP contribution in [0, 0.1) is 22.7 Å². The van der Waals surface area contributed by atoms with Crippen molar-refractivity contribution in [3.8, 4) is 35.1 Å². The van der Waals surface area contributed by atoms with Gasteiger partial charge in [-0.3, -0.25) is 4.79 Å². The molecular formula is C25H20F5N3O4S. The first-order valence-corrected chi connectivity index (χ1v) is 12.6. The number of nitrogens with zero attached hydrogens (tertiary/aromatic N) is 2. The second-order valence-electron chi connectivity index (χ2n) is 8.21. The van der Waals surface area contributed by atoms with E-state index in [4.69, 9.17) is 14.2 Å². The Kier molecular flexibility index (Phi) is 6.97. The number of methoxy groups -OCH3 is 1. The Hall–Kier alpha value is -4.49. The predicted octanol–water partition coefficient (Wildman–Crippen LogP) is 7.11. The van der Waals surface area contributed by atoms with Crippen molar-refractivity contribution in [1.29, 1.82) is 10.5 Å². The predicted molar refractivity (Wildman–Crippen MR) is 129 cm³/mol. The normalized spacial score (nSPS) is 14.4. The van der Waals surface area contributed by atoms with Crippen molar-refractivity contribution in [3.05, 3.63) is 77.9 Å². The zero-order valence-corrected chi connectivity index (χ0v) is 20.7. The molecule has 3 aromatic carbocycles. The molecule has 1 atom stereocenters. The summed E-state index contributed by atoms with van der Waals surface area (Å²) in [5.74, 6) is -0.0516. The fourth-order valence-electron chi connectivity index (χ4n) is 3.10. The molecule has 0 bridgehead atoms. The molecular weight excluding hydrogens is 533 g/mol. The molecule has 0 saturated heterocycles. The average molecular weight is 554 g/mol. The van der Waals surface area contributed by atoms with Gasteiger partial charge in [-0.25, -0.2) is 0 Å². The van der Waals surface area contributed by atoms with Gasteiger partial charge < -0.3 is 19.5 Å². The molecule has 0 aliphatic carbocycles. The quantitative estimate of drug-likeness (QED) is 0.283. The minimum atomic E-state index is -9.90. The van der Waals surface area contributed by atoms with Gasteiger partial charge in [0.2, 0.25) is 0 Å². The maximum Gasteiger partial charge on any atom is 0.310 e. The van der Waals surface area contributed by atoms with E-state index in [2.05, 4.69) is 5.32 Å². The van der Waals surface area contributed by atoms with Crippen LogP contribution < -0.4 is 19.5 Å². The Balaban J connectivity index is 1.80. The van der Waals surface area contributed by atoms with Crippen molar-refractivity contribution in [2.75, 3.05) is 13.7 Å². The van der Waals surface area contributed by atoms with E-state index in [1.165, 1.54) is 32.2 Å². The van der Waals surface area contributed by atoms with Crippen LogP contribution in [0.1, 0.15) is 22.8 Å².